The van der Waals surface area contributed by atoms with E-state index in [9.17, 15) is 9.90 Å². The third kappa shape index (κ3) is 5.05. The van der Waals surface area contributed by atoms with Crippen molar-refractivity contribution in [3.8, 4) is 0 Å². The Morgan fingerprint density at radius 1 is 1.17 bits per heavy atom. The summed E-state index contributed by atoms with van der Waals surface area (Å²) in [6, 6.07) is 7.98. The number of rotatable bonds is 6. The first-order chi connectivity index (χ1) is 17.2. The number of hydrogen-bond acceptors (Lipinski definition) is 8. The quantitative estimate of drug-likeness (QED) is 0.335. The molecule has 0 aliphatic carbocycles. The van der Waals surface area contributed by atoms with Crippen molar-refractivity contribution in [2.24, 2.45) is 0 Å². The summed E-state index contributed by atoms with van der Waals surface area (Å²) in [7, 11) is 0. The summed E-state index contributed by atoms with van der Waals surface area (Å²) in [6.07, 6.45) is 5.52. The summed E-state index contributed by atoms with van der Waals surface area (Å²) in [5.41, 5.74) is 2.64. The van der Waals surface area contributed by atoms with Crippen LogP contribution in [0.3, 0.4) is 0 Å². The second kappa shape index (κ2) is 9.51. The zero-order valence-electron chi connectivity index (χ0n) is 20.9. The number of carbonyl (C=O) groups is 1. The first kappa shape index (κ1) is 24.2. The van der Waals surface area contributed by atoms with Gasteiger partial charge in [-0.25, -0.2) is 4.98 Å². The number of benzene rings is 1. The lowest BCUT2D eigenvalue weighted by Gasteiger charge is -2.31. The van der Waals surface area contributed by atoms with Crippen molar-refractivity contribution < 1.29 is 9.90 Å². The first-order valence-electron chi connectivity index (χ1n) is 12.1. The Labute approximate surface area is 214 Å². The van der Waals surface area contributed by atoms with Crippen molar-refractivity contribution in [1.29, 1.82) is 0 Å². The van der Waals surface area contributed by atoms with Crippen LogP contribution in [0.4, 0.5) is 23.1 Å². The maximum Gasteiger partial charge on any atom is 0.230 e. The van der Waals surface area contributed by atoms with Crippen LogP contribution in [0.25, 0.3) is 10.2 Å². The summed E-state index contributed by atoms with van der Waals surface area (Å²) in [6.45, 7) is 8.72. The van der Waals surface area contributed by atoms with Crippen LogP contribution in [0, 0.1) is 6.92 Å². The standard InChI is InChI=1S/C26H31N7O2S/c1-16-15-36-24-22(16)23(28-19-7-5-6-18(12-19)26(3,4)35)30-25(31-24)29-20-13-27-33(14-20)21-8-10-32(11-9-21)17(2)34/h5-7,12-15,21,35H,8-11H2,1-4H3,(H2,28,29,30,31). The van der Waals surface area contributed by atoms with Gasteiger partial charge in [-0.05, 0) is 62.3 Å². The molecule has 188 valence electrons. The van der Waals surface area contributed by atoms with E-state index < -0.39 is 5.60 Å². The molecule has 1 aliphatic rings. The maximum atomic E-state index is 11.6. The van der Waals surface area contributed by atoms with E-state index in [1.54, 1.807) is 38.3 Å². The van der Waals surface area contributed by atoms with E-state index in [2.05, 4.69) is 28.0 Å². The molecule has 1 aliphatic heterocycles. The molecule has 4 heterocycles. The molecule has 0 atom stereocenters. The molecule has 0 spiro atoms. The van der Waals surface area contributed by atoms with Crippen LogP contribution in [-0.2, 0) is 10.4 Å². The van der Waals surface area contributed by atoms with Crippen molar-refractivity contribution in [3.63, 3.8) is 0 Å². The number of nitrogens with zero attached hydrogens (tertiary/aromatic N) is 5. The van der Waals surface area contributed by atoms with Crippen molar-refractivity contribution >= 4 is 50.6 Å². The van der Waals surface area contributed by atoms with Crippen LogP contribution in [0.15, 0.2) is 42.0 Å². The van der Waals surface area contributed by atoms with Crippen LogP contribution in [0.2, 0.25) is 0 Å². The maximum absolute atomic E-state index is 11.6. The highest BCUT2D eigenvalue weighted by Gasteiger charge is 2.23. The second-order valence-electron chi connectivity index (χ2n) is 9.83. The Bertz CT molecular complexity index is 1400. The molecule has 3 N–H and O–H groups in total. The Balaban J connectivity index is 1.38. The molecule has 1 fully saturated rings. The molecule has 1 amide bonds. The molecule has 0 bridgehead atoms. The molecule has 0 radical (unpaired) electrons. The number of aliphatic hydroxyl groups is 1. The molecule has 36 heavy (non-hydrogen) atoms. The average Bonchev–Trinajstić information content (AvgIpc) is 3.45. The largest absolute Gasteiger partial charge is 0.386 e. The molecule has 3 aromatic heterocycles. The van der Waals surface area contributed by atoms with Crippen LogP contribution in [0.5, 0.6) is 0 Å². The van der Waals surface area contributed by atoms with Gasteiger partial charge in [0, 0.05) is 31.9 Å². The number of aryl methyl sites for hydroxylation is 1. The number of hydrogen-bond donors (Lipinski definition) is 3. The molecular formula is C26H31N7O2S. The van der Waals surface area contributed by atoms with Gasteiger partial charge in [-0.2, -0.15) is 10.1 Å². The lowest BCUT2D eigenvalue weighted by molar-refractivity contribution is -0.130. The van der Waals surface area contributed by atoms with Gasteiger partial charge in [-0.1, -0.05) is 12.1 Å². The van der Waals surface area contributed by atoms with E-state index in [0.717, 1.165) is 58.6 Å². The van der Waals surface area contributed by atoms with Crippen LogP contribution in [-0.4, -0.2) is 48.8 Å². The van der Waals surface area contributed by atoms with Crippen LogP contribution in [0.1, 0.15) is 50.8 Å². The van der Waals surface area contributed by atoms with Gasteiger partial charge in [0.1, 0.15) is 10.6 Å². The lowest BCUT2D eigenvalue weighted by atomic mass is 9.98. The van der Waals surface area contributed by atoms with Gasteiger partial charge in [0.15, 0.2) is 0 Å². The highest BCUT2D eigenvalue weighted by molar-refractivity contribution is 7.17. The van der Waals surface area contributed by atoms with Gasteiger partial charge in [-0.3, -0.25) is 9.48 Å². The van der Waals surface area contributed by atoms with Gasteiger partial charge in [-0.15, -0.1) is 11.3 Å². The fourth-order valence-corrected chi connectivity index (χ4v) is 5.44. The molecule has 5 rings (SSSR count). The topological polar surface area (TPSA) is 108 Å². The Kier molecular flexibility index (Phi) is 6.40. The monoisotopic (exact) mass is 505 g/mol. The minimum atomic E-state index is -0.938. The normalized spacial score (nSPS) is 14.9. The highest BCUT2D eigenvalue weighted by Crippen LogP contribution is 2.34. The number of thiophene rings is 1. The number of aromatic nitrogens is 4. The SMILES string of the molecule is CC(=O)N1CCC(n2cc(Nc3nc(Nc4cccc(C(C)(C)O)c4)c4c(C)csc4n3)cn2)CC1. The summed E-state index contributed by atoms with van der Waals surface area (Å²) in [4.78, 5) is 23.9. The minimum absolute atomic E-state index is 0.129. The lowest BCUT2D eigenvalue weighted by Crippen LogP contribution is -2.37. The fourth-order valence-electron chi connectivity index (χ4n) is 4.52. The van der Waals surface area contributed by atoms with E-state index in [-0.39, 0.29) is 11.9 Å². The molecular weight excluding hydrogens is 474 g/mol. The second-order valence-corrected chi connectivity index (χ2v) is 10.7. The van der Waals surface area contributed by atoms with E-state index in [1.807, 2.05) is 40.0 Å². The number of piperidine rings is 1. The average molecular weight is 506 g/mol. The van der Waals surface area contributed by atoms with Gasteiger partial charge in [0.05, 0.1) is 28.9 Å². The van der Waals surface area contributed by atoms with E-state index in [1.165, 1.54) is 0 Å². The van der Waals surface area contributed by atoms with Crippen molar-refractivity contribution in [2.75, 3.05) is 23.7 Å². The van der Waals surface area contributed by atoms with Gasteiger partial charge in [0.25, 0.3) is 0 Å². The molecule has 0 saturated carbocycles. The Morgan fingerprint density at radius 3 is 2.67 bits per heavy atom. The van der Waals surface area contributed by atoms with Gasteiger partial charge in [0.2, 0.25) is 11.9 Å². The summed E-state index contributed by atoms with van der Waals surface area (Å²) >= 11 is 1.58. The zero-order valence-corrected chi connectivity index (χ0v) is 21.8. The fraction of sp³-hybridized carbons (Fsp3) is 0.385. The van der Waals surface area contributed by atoms with E-state index in [0.29, 0.717) is 11.8 Å². The molecule has 1 aromatic carbocycles. The third-order valence-corrected chi connectivity index (χ3v) is 7.58. The van der Waals surface area contributed by atoms with Crippen LogP contribution < -0.4 is 10.6 Å². The van der Waals surface area contributed by atoms with Crippen molar-refractivity contribution in [1.82, 2.24) is 24.6 Å². The van der Waals surface area contributed by atoms with E-state index in [4.69, 9.17) is 9.97 Å². The predicted molar refractivity (Wildman–Crippen MR) is 143 cm³/mol. The van der Waals surface area contributed by atoms with Gasteiger partial charge < -0.3 is 20.6 Å². The number of fused-ring (bicyclic) bond motifs is 1. The smallest absolute Gasteiger partial charge is 0.230 e. The summed E-state index contributed by atoms with van der Waals surface area (Å²) < 4.78 is 1.97. The van der Waals surface area contributed by atoms with Crippen molar-refractivity contribution in [2.45, 2.75) is 52.2 Å². The first-order valence-corrected chi connectivity index (χ1v) is 13.0. The minimum Gasteiger partial charge on any atom is -0.386 e. The number of likely N-dealkylation sites (tertiary alicyclic amines) is 1. The highest BCUT2D eigenvalue weighted by atomic mass is 32.1. The molecule has 4 aromatic rings. The zero-order chi connectivity index (χ0) is 25.4. The Hall–Kier alpha value is -3.50. The third-order valence-electron chi connectivity index (χ3n) is 6.59. The molecule has 1 saturated heterocycles. The number of amides is 1. The number of anilines is 4. The van der Waals surface area contributed by atoms with Gasteiger partial charge >= 0.3 is 0 Å². The Morgan fingerprint density at radius 2 is 1.94 bits per heavy atom. The van der Waals surface area contributed by atoms with Crippen molar-refractivity contribution in [3.05, 3.63) is 53.2 Å². The molecule has 0 unspecified atom stereocenters. The summed E-state index contributed by atoms with van der Waals surface area (Å²) in [5.74, 6) is 1.32. The molecule has 10 heteroatoms. The van der Waals surface area contributed by atoms with Crippen LogP contribution >= 0.6 is 11.3 Å². The van der Waals surface area contributed by atoms with E-state index >= 15 is 0 Å². The molecule has 9 nitrogen and oxygen atoms in total. The number of carbonyl (C=O) groups excluding carboxylic acids is 1. The number of nitrogens with one attached hydrogen (secondary N) is 2. The summed E-state index contributed by atoms with van der Waals surface area (Å²) in [5, 5.41) is 24.8. The predicted octanol–water partition coefficient (Wildman–Crippen LogP) is 5.09.